The van der Waals surface area contributed by atoms with Crippen LogP contribution in [-0.4, -0.2) is 44.6 Å². The van der Waals surface area contributed by atoms with Gasteiger partial charge in [0.1, 0.15) is 11.9 Å². The smallest absolute Gasteiger partial charge is 0.246 e. The van der Waals surface area contributed by atoms with Gasteiger partial charge in [0, 0.05) is 13.1 Å². The van der Waals surface area contributed by atoms with Gasteiger partial charge in [-0.25, -0.2) is 12.8 Å². The lowest BCUT2D eigenvalue weighted by Crippen LogP contribution is -2.51. The Morgan fingerprint density at radius 2 is 1.96 bits per heavy atom. The third kappa shape index (κ3) is 4.22. The van der Waals surface area contributed by atoms with Crippen molar-refractivity contribution in [2.45, 2.75) is 32.7 Å². The van der Waals surface area contributed by atoms with Crippen LogP contribution in [0, 0.1) is 11.7 Å². The summed E-state index contributed by atoms with van der Waals surface area (Å²) in [6, 6.07) is 4.26. The molecule has 0 radical (unpaired) electrons. The van der Waals surface area contributed by atoms with Crippen LogP contribution in [0.3, 0.4) is 0 Å². The first-order chi connectivity index (χ1) is 10.7. The van der Waals surface area contributed by atoms with Gasteiger partial charge in [-0.05, 0) is 49.9 Å². The van der Waals surface area contributed by atoms with E-state index in [4.69, 9.17) is 0 Å². The van der Waals surface area contributed by atoms with Crippen LogP contribution in [0.25, 0.3) is 0 Å². The first kappa shape index (κ1) is 17.7. The quantitative estimate of drug-likeness (QED) is 0.843. The maximum absolute atomic E-state index is 13.1. The van der Waals surface area contributed by atoms with Crippen molar-refractivity contribution in [3.63, 3.8) is 0 Å². The molecule has 128 valence electrons. The summed E-state index contributed by atoms with van der Waals surface area (Å²) < 4.78 is 38.5. The summed E-state index contributed by atoms with van der Waals surface area (Å²) in [6.07, 6.45) is 3.06. The normalized spacial score (nSPS) is 20.2. The molecule has 1 aromatic rings. The van der Waals surface area contributed by atoms with Crippen LogP contribution in [0.1, 0.15) is 26.7 Å². The van der Waals surface area contributed by atoms with E-state index in [-0.39, 0.29) is 5.91 Å². The Morgan fingerprint density at radius 3 is 2.48 bits per heavy atom. The van der Waals surface area contributed by atoms with Crippen molar-refractivity contribution in [3.8, 4) is 0 Å². The van der Waals surface area contributed by atoms with Crippen LogP contribution in [0.15, 0.2) is 24.3 Å². The lowest BCUT2D eigenvalue weighted by molar-refractivity contribution is -0.133. The number of sulfonamides is 1. The van der Waals surface area contributed by atoms with E-state index in [1.807, 2.05) is 0 Å². The highest BCUT2D eigenvalue weighted by molar-refractivity contribution is 7.92. The van der Waals surface area contributed by atoms with Crippen LogP contribution >= 0.6 is 0 Å². The summed E-state index contributed by atoms with van der Waals surface area (Å²) in [7, 11) is -3.66. The van der Waals surface area contributed by atoms with Gasteiger partial charge in [0.2, 0.25) is 15.9 Å². The molecule has 7 heteroatoms. The van der Waals surface area contributed by atoms with Crippen molar-refractivity contribution in [3.05, 3.63) is 30.1 Å². The molecule has 1 aliphatic heterocycles. The fourth-order valence-electron chi connectivity index (χ4n) is 3.04. The minimum atomic E-state index is -3.66. The second-order valence-corrected chi connectivity index (χ2v) is 8.10. The first-order valence-electron chi connectivity index (χ1n) is 7.74. The zero-order chi connectivity index (χ0) is 17.2. The third-order valence-electron chi connectivity index (χ3n) is 4.12. The van der Waals surface area contributed by atoms with Gasteiger partial charge in [0.15, 0.2) is 0 Å². The fraction of sp³-hybridized carbons (Fsp3) is 0.562. The van der Waals surface area contributed by atoms with Gasteiger partial charge in [-0.2, -0.15) is 0 Å². The number of rotatable bonds is 4. The van der Waals surface area contributed by atoms with Crippen LogP contribution in [0.4, 0.5) is 10.1 Å². The zero-order valence-electron chi connectivity index (χ0n) is 13.7. The Bertz CT molecular complexity index is 660. The van der Waals surface area contributed by atoms with Crippen LogP contribution in [0.2, 0.25) is 0 Å². The number of nitrogens with zero attached hydrogens (tertiary/aromatic N) is 2. The van der Waals surface area contributed by atoms with Crippen LogP contribution < -0.4 is 4.31 Å². The number of halogens is 1. The summed E-state index contributed by atoms with van der Waals surface area (Å²) >= 11 is 0. The highest BCUT2D eigenvalue weighted by Gasteiger charge is 2.33. The van der Waals surface area contributed by atoms with Gasteiger partial charge in [-0.1, -0.05) is 6.92 Å². The molecule has 2 rings (SSSR count). The van der Waals surface area contributed by atoms with E-state index in [9.17, 15) is 17.6 Å². The molecule has 1 aliphatic rings. The summed E-state index contributed by atoms with van der Waals surface area (Å²) in [5.41, 5.74) is 0.291. The van der Waals surface area contributed by atoms with Crippen molar-refractivity contribution in [1.29, 1.82) is 0 Å². The molecule has 0 N–H and O–H groups in total. The minimum Gasteiger partial charge on any atom is -0.341 e. The van der Waals surface area contributed by atoms with Crippen molar-refractivity contribution in [2.24, 2.45) is 5.92 Å². The highest BCUT2D eigenvalue weighted by atomic mass is 32.2. The molecule has 1 saturated heterocycles. The summed E-state index contributed by atoms with van der Waals surface area (Å²) in [4.78, 5) is 14.4. The molecule has 0 bridgehead atoms. The summed E-state index contributed by atoms with van der Waals surface area (Å²) in [6.45, 7) is 4.95. The molecule has 23 heavy (non-hydrogen) atoms. The number of hydrogen-bond acceptors (Lipinski definition) is 3. The standard InChI is InChI=1S/C16H23FN2O3S/c1-12-5-4-10-18(11-12)16(20)13(2)19(23(3,21)22)15-8-6-14(17)7-9-15/h6-9,12-13H,4-5,10-11H2,1-3H3/t12-,13+/m1/s1. The highest BCUT2D eigenvalue weighted by Crippen LogP contribution is 2.24. The molecule has 0 saturated carbocycles. The Kier molecular flexibility index (Phi) is 5.29. The topological polar surface area (TPSA) is 57.7 Å². The minimum absolute atomic E-state index is 0.216. The summed E-state index contributed by atoms with van der Waals surface area (Å²) in [5.74, 6) is -0.255. The molecule has 1 heterocycles. The number of likely N-dealkylation sites (tertiary alicyclic amines) is 1. The van der Waals surface area contributed by atoms with E-state index in [1.165, 1.54) is 24.3 Å². The Morgan fingerprint density at radius 1 is 1.35 bits per heavy atom. The molecule has 0 aromatic heterocycles. The number of hydrogen-bond donors (Lipinski definition) is 0. The maximum atomic E-state index is 13.1. The Labute approximate surface area is 137 Å². The maximum Gasteiger partial charge on any atom is 0.246 e. The molecule has 0 unspecified atom stereocenters. The predicted molar refractivity (Wildman–Crippen MR) is 88.2 cm³/mol. The first-order valence-corrected chi connectivity index (χ1v) is 9.58. The fourth-order valence-corrected chi connectivity index (χ4v) is 4.21. The Hall–Kier alpha value is -1.63. The van der Waals surface area contributed by atoms with E-state index in [1.54, 1.807) is 11.8 Å². The largest absolute Gasteiger partial charge is 0.341 e. The zero-order valence-corrected chi connectivity index (χ0v) is 14.5. The number of carbonyl (C=O) groups excluding carboxylic acids is 1. The molecule has 5 nitrogen and oxygen atoms in total. The second-order valence-electron chi connectivity index (χ2n) is 6.24. The average molecular weight is 342 g/mol. The van der Waals surface area contributed by atoms with E-state index >= 15 is 0 Å². The van der Waals surface area contributed by atoms with Crippen molar-refractivity contribution >= 4 is 21.6 Å². The molecule has 1 aromatic carbocycles. The van der Waals surface area contributed by atoms with Gasteiger partial charge < -0.3 is 4.90 Å². The van der Waals surface area contributed by atoms with Gasteiger partial charge in [0.05, 0.1) is 11.9 Å². The number of amides is 1. The van der Waals surface area contributed by atoms with Gasteiger partial charge in [-0.15, -0.1) is 0 Å². The Balaban J connectivity index is 2.28. The lowest BCUT2D eigenvalue weighted by atomic mass is 10.00. The van der Waals surface area contributed by atoms with Crippen molar-refractivity contribution in [1.82, 2.24) is 4.90 Å². The van der Waals surface area contributed by atoms with Gasteiger partial charge in [0.25, 0.3) is 0 Å². The molecular formula is C16H23FN2O3S. The number of anilines is 1. The second kappa shape index (κ2) is 6.86. The SMILES string of the molecule is C[C@@H]1CCCN(C(=O)[C@H](C)N(c2ccc(F)cc2)S(C)(=O)=O)C1. The van der Waals surface area contributed by atoms with E-state index < -0.39 is 21.9 Å². The number of piperidine rings is 1. The molecule has 2 atom stereocenters. The third-order valence-corrected chi connectivity index (χ3v) is 5.36. The molecule has 1 amide bonds. The number of benzene rings is 1. The van der Waals surface area contributed by atoms with E-state index in [0.29, 0.717) is 24.7 Å². The predicted octanol–water partition coefficient (Wildman–Crippen LogP) is 2.24. The number of carbonyl (C=O) groups is 1. The van der Waals surface area contributed by atoms with Crippen LogP contribution in [0.5, 0.6) is 0 Å². The summed E-state index contributed by atoms with van der Waals surface area (Å²) in [5, 5.41) is 0. The van der Waals surface area contributed by atoms with Crippen LogP contribution in [-0.2, 0) is 14.8 Å². The monoisotopic (exact) mass is 342 g/mol. The van der Waals surface area contributed by atoms with Crippen molar-refractivity contribution < 1.29 is 17.6 Å². The van der Waals surface area contributed by atoms with E-state index in [0.717, 1.165) is 23.4 Å². The van der Waals surface area contributed by atoms with Gasteiger partial charge in [-0.3, -0.25) is 9.10 Å². The van der Waals surface area contributed by atoms with Crippen molar-refractivity contribution in [2.75, 3.05) is 23.7 Å². The molecule has 1 fully saturated rings. The van der Waals surface area contributed by atoms with Gasteiger partial charge >= 0.3 is 0 Å². The lowest BCUT2D eigenvalue weighted by Gasteiger charge is -2.36. The molecule has 0 spiro atoms. The average Bonchev–Trinajstić information content (AvgIpc) is 2.47. The molecule has 0 aliphatic carbocycles. The van der Waals surface area contributed by atoms with E-state index in [2.05, 4.69) is 6.92 Å². The molecular weight excluding hydrogens is 319 g/mol.